The Labute approximate surface area is 150 Å². The lowest BCUT2D eigenvalue weighted by Gasteiger charge is -2.10. The average molecular weight is 367 g/mol. The van der Waals surface area contributed by atoms with E-state index in [2.05, 4.69) is 16.5 Å². The molecule has 0 saturated carbocycles. The maximum absolute atomic E-state index is 11.7. The number of nitrogens with zero attached hydrogens (tertiary/aromatic N) is 2. The Hall–Kier alpha value is -2.11. The topological polar surface area (TPSA) is 61.3 Å². The molecule has 0 N–H and O–H groups in total. The normalized spacial score (nSPS) is 10.3. The van der Waals surface area contributed by atoms with Gasteiger partial charge < -0.3 is 9.47 Å². The van der Waals surface area contributed by atoms with E-state index < -0.39 is 5.97 Å². The molecule has 0 unspecified atom stereocenters. The molecule has 0 bridgehead atoms. The van der Waals surface area contributed by atoms with Crippen molar-refractivity contribution in [1.82, 2.24) is 9.97 Å². The van der Waals surface area contributed by atoms with Crippen LogP contribution < -0.4 is 4.74 Å². The summed E-state index contributed by atoms with van der Waals surface area (Å²) < 4.78 is 10.0. The zero-order chi connectivity index (χ0) is 17.7. The summed E-state index contributed by atoms with van der Waals surface area (Å²) in [5.41, 5.74) is 1.88. The van der Waals surface area contributed by atoms with Crippen LogP contribution in [0.2, 0.25) is 10.3 Å². The molecule has 0 aliphatic rings. The summed E-state index contributed by atoms with van der Waals surface area (Å²) in [5.74, 6) is 0.226. The van der Waals surface area contributed by atoms with Crippen molar-refractivity contribution in [3.63, 3.8) is 0 Å². The zero-order valence-corrected chi connectivity index (χ0v) is 14.8. The summed E-state index contributed by atoms with van der Waals surface area (Å²) in [6.45, 7) is 5.70. The third kappa shape index (κ3) is 4.24. The number of carbonyl (C=O) groups is 1. The molecule has 0 aliphatic carbocycles. The van der Waals surface area contributed by atoms with Crippen LogP contribution in [0, 0.1) is 0 Å². The molecule has 0 amide bonds. The monoisotopic (exact) mass is 366 g/mol. The smallest absolute Gasteiger partial charge is 0.333 e. The van der Waals surface area contributed by atoms with Gasteiger partial charge in [0.15, 0.2) is 10.3 Å². The third-order valence-corrected chi connectivity index (χ3v) is 3.75. The van der Waals surface area contributed by atoms with E-state index in [1.807, 2.05) is 12.1 Å². The first kappa shape index (κ1) is 18.2. The van der Waals surface area contributed by atoms with Crippen molar-refractivity contribution in [2.75, 3.05) is 13.7 Å². The van der Waals surface area contributed by atoms with Crippen LogP contribution in [0.4, 0.5) is 0 Å². The van der Waals surface area contributed by atoms with Gasteiger partial charge in [0.05, 0.1) is 19.4 Å². The van der Waals surface area contributed by atoms with E-state index in [1.165, 1.54) is 0 Å². The highest BCUT2D eigenvalue weighted by molar-refractivity contribution is 6.34. The number of ether oxygens (including phenoxy) is 2. The minimum absolute atomic E-state index is 0.128. The first-order chi connectivity index (χ1) is 11.5. The fraction of sp³-hybridized carbons (Fsp3) is 0.235. The van der Waals surface area contributed by atoms with E-state index in [4.69, 9.17) is 32.7 Å². The molecule has 0 saturated heterocycles. The second kappa shape index (κ2) is 8.13. The van der Waals surface area contributed by atoms with Gasteiger partial charge in [0, 0.05) is 17.6 Å². The predicted octanol–water partition coefficient (Wildman–Crippen LogP) is 4.12. The van der Waals surface area contributed by atoms with Gasteiger partial charge in [-0.15, -0.1) is 0 Å². The summed E-state index contributed by atoms with van der Waals surface area (Å²) in [7, 11) is 1.59. The molecule has 5 nitrogen and oxygen atoms in total. The number of hydrogen-bond acceptors (Lipinski definition) is 5. The maximum atomic E-state index is 11.7. The van der Waals surface area contributed by atoms with Crippen LogP contribution in [0.25, 0.3) is 11.3 Å². The SMILES string of the molecule is C=C(Cc1nc(-c2ccc(OC)cc2)c(Cl)nc1Cl)C(=O)OCC. The van der Waals surface area contributed by atoms with E-state index in [-0.39, 0.29) is 28.9 Å². The lowest BCUT2D eigenvalue weighted by molar-refractivity contribution is -0.138. The standard InChI is InChI=1S/C17H16Cl2N2O3/c1-4-24-17(22)10(2)9-13-15(18)21-16(19)14(20-13)11-5-7-12(23-3)8-6-11/h5-8H,2,4,9H2,1,3H3. The number of aromatic nitrogens is 2. The number of esters is 1. The number of halogens is 2. The highest BCUT2D eigenvalue weighted by Gasteiger charge is 2.17. The summed E-state index contributed by atoms with van der Waals surface area (Å²) >= 11 is 12.2. The van der Waals surface area contributed by atoms with Gasteiger partial charge in [-0.05, 0) is 31.2 Å². The largest absolute Gasteiger partial charge is 0.497 e. The molecular weight excluding hydrogens is 351 g/mol. The maximum Gasteiger partial charge on any atom is 0.333 e. The molecule has 0 aliphatic heterocycles. The van der Waals surface area contributed by atoms with Gasteiger partial charge in [0.25, 0.3) is 0 Å². The molecule has 126 valence electrons. The third-order valence-electron chi connectivity index (χ3n) is 3.19. The molecule has 24 heavy (non-hydrogen) atoms. The first-order valence-corrected chi connectivity index (χ1v) is 7.93. The van der Waals surface area contributed by atoms with Crippen LogP contribution in [0.1, 0.15) is 12.6 Å². The van der Waals surface area contributed by atoms with E-state index in [0.29, 0.717) is 17.1 Å². The highest BCUT2D eigenvalue weighted by atomic mass is 35.5. The number of hydrogen-bond donors (Lipinski definition) is 0. The van der Waals surface area contributed by atoms with Crippen LogP contribution >= 0.6 is 23.2 Å². The van der Waals surface area contributed by atoms with E-state index >= 15 is 0 Å². The minimum atomic E-state index is -0.490. The molecule has 2 rings (SSSR count). The van der Waals surface area contributed by atoms with Crippen molar-refractivity contribution < 1.29 is 14.3 Å². The fourth-order valence-electron chi connectivity index (χ4n) is 1.98. The van der Waals surface area contributed by atoms with Crippen LogP contribution in [-0.2, 0) is 16.0 Å². The van der Waals surface area contributed by atoms with Gasteiger partial charge in [0.1, 0.15) is 11.4 Å². The van der Waals surface area contributed by atoms with Crippen molar-refractivity contribution in [2.24, 2.45) is 0 Å². The van der Waals surface area contributed by atoms with Crippen molar-refractivity contribution in [2.45, 2.75) is 13.3 Å². The van der Waals surface area contributed by atoms with Gasteiger partial charge in [0.2, 0.25) is 0 Å². The van der Waals surface area contributed by atoms with Crippen molar-refractivity contribution in [3.8, 4) is 17.0 Å². The van der Waals surface area contributed by atoms with Crippen LogP contribution in [0.5, 0.6) is 5.75 Å². The molecular formula is C17H16Cl2N2O3. The van der Waals surface area contributed by atoms with E-state index in [1.54, 1.807) is 26.2 Å². The van der Waals surface area contributed by atoms with Gasteiger partial charge in [-0.2, -0.15) is 0 Å². The Balaban J connectivity index is 2.33. The van der Waals surface area contributed by atoms with Crippen molar-refractivity contribution in [1.29, 1.82) is 0 Å². The second-order valence-corrected chi connectivity index (χ2v) is 5.55. The quantitative estimate of drug-likeness (QED) is 0.568. The highest BCUT2D eigenvalue weighted by Crippen LogP contribution is 2.29. The van der Waals surface area contributed by atoms with E-state index in [9.17, 15) is 4.79 Å². The lowest BCUT2D eigenvalue weighted by Crippen LogP contribution is -2.10. The number of rotatable bonds is 6. The molecule has 0 radical (unpaired) electrons. The minimum Gasteiger partial charge on any atom is -0.497 e. The summed E-state index contributed by atoms with van der Waals surface area (Å²) in [4.78, 5) is 20.2. The fourth-order valence-corrected chi connectivity index (χ4v) is 2.46. The molecule has 7 heteroatoms. The number of methoxy groups -OCH3 is 1. The zero-order valence-electron chi connectivity index (χ0n) is 13.3. The van der Waals surface area contributed by atoms with Gasteiger partial charge in [-0.25, -0.2) is 14.8 Å². The van der Waals surface area contributed by atoms with Crippen LogP contribution in [0.3, 0.4) is 0 Å². The van der Waals surface area contributed by atoms with Gasteiger partial charge in [-0.3, -0.25) is 0 Å². The number of carbonyl (C=O) groups excluding carboxylic acids is 1. The van der Waals surface area contributed by atoms with Gasteiger partial charge >= 0.3 is 5.97 Å². The van der Waals surface area contributed by atoms with Crippen LogP contribution in [-0.4, -0.2) is 29.7 Å². The molecule has 0 atom stereocenters. The lowest BCUT2D eigenvalue weighted by atomic mass is 10.1. The van der Waals surface area contributed by atoms with Gasteiger partial charge in [-0.1, -0.05) is 29.8 Å². The molecule has 1 aromatic heterocycles. The van der Waals surface area contributed by atoms with Crippen molar-refractivity contribution in [3.05, 3.63) is 52.4 Å². The Bertz CT molecular complexity index is 761. The average Bonchev–Trinajstić information content (AvgIpc) is 2.57. The molecule has 2 aromatic rings. The van der Waals surface area contributed by atoms with Crippen molar-refractivity contribution >= 4 is 29.2 Å². The molecule has 1 heterocycles. The summed E-state index contributed by atoms with van der Waals surface area (Å²) in [5, 5.41) is 0.304. The Morgan fingerprint density at radius 3 is 2.42 bits per heavy atom. The first-order valence-electron chi connectivity index (χ1n) is 7.17. The molecule has 0 spiro atoms. The number of benzene rings is 1. The Kier molecular flexibility index (Phi) is 6.17. The molecule has 0 fully saturated rings. The Morgan fingerprint density at radius 2 is 1.83 bits per heavy atom. The summed E-state index contributed by atoms with van der Waals surface area (Å²) in [6, 6.07) is 7.21. The Morgan fingerprint density at radius 1 is 1.17 bits per heavy atom. The molecule has 1 aromatic carbocycles. The summed E-state index contributed by atoms with van der Waals surface area (Å²) in [6.07, 6.45) is 0.130. The van der Waals surface area contributed by atoms with E-state index in [0.717, 1.165) is 5.56 Å². The predicted molar refractivity (Wildman–Crippen MR) is 93.5 cm³/mol. The van der Waals surface area contributed by atoms with Crippen LogP contribution in [0.15, 0.2) is 36.4 Å². The second-order valence-electron chi connectivity index (χ2n) is 4.83.